The SMILES string of the molecule is CC(=O)CC(C)=O.CCCCCCCCCCCCCCCCCC(C)=O. The van der Waals surface area contributed by atoms with Crippen molar-refractivity contribution in [1.29, 1.82) is 0 Å². The van der Waals surface area contributed by atoms with Gasteiger partial charge in [-0.15, -0.1) is 0 Å². The van der Waals surface area contributed by atoms with E-state index in [2.05, 4.69) is 6.92 Å². The van der Waals surface area contributed by atoms with Gasteiger partial charge in [0.1, 0.15) is 17.3 Å². The summed E-state index contributed by atoms with van der Waals surface area (Å²) in [6.07, 6.45) is 21.6. The lowest BCUT2D eigenvalue weighted by Crippen LogP contribution is -1.97. The maximum Gasteiger partial charge on any atom is 0.137 e. The lowest BCUT2D eigenvalue weighted by atomic mass is 10.0. The van der Waals surface area contributed by atoms with Crippen LogP contribution < -0.4 is 0 Å². The van der Waals surface area contributed by atoms with E-state index in [9.17, 15) is 14.4 Å². The quantitative estimate of drug-likeness (QED) is 0.183. The first-order valence-corrected chi connectivity index (χ1v) is 11.4. The summed E-state index contributed by atoms with van der Waals surface area (Å²) in [6, 6.07) is 0. The first-order valence-electron chi connectivity index (χ1n) is 11.4. The number of hydrogen-bond acceptors (Lipinski definition) is 3. The predicted octanol–water partition coefficient (Wildman–Crippen LogP) is 7.39. The molecule has 0 atom stereocenters. The first-order chi connectivity index (χ1) is 12.9. The van der Waals surface area contributed by atoms with Crippen molar-refractivity contribution in [3.8, 4) is 0 Å². The Bertz CT molecular complexity index is 349. The van der Waals surface area contributed by atoms with E-state index in [1.165, 1.54) is 104 Å². The summed E-state index contributed by atoms with van der Waals surface area (Å²) in [6.45, 7) is 6.79. The fraction of sp³-hybridized carbons (Fsp3) is 0.875. The van der Waals surface area contributed by atoms with Crippen molar-refractivity contribution in [3.05, 3.63) is 0 Å². The summed E-state index contributed by atoms with van der Waals surface area (Å²) in [5.41, 5.74) is 0. The van der Waals surface area contributed by atoms with Crippen LogP contribution in [0.25, 0.3) is 0 Å². The maximum absolute atomic E-state index is 10.8. The summed E-state index contributed by atoms with van der Waals surface area (Å²) >= 11 is 0. The van der Waals surface area contributed by atoms with Crippen molar-refractivity contribution in [2.24, 2.45) is 0 Å². The van der Waals surface area contributed by atoms with Crippen LogP contribution in [-0.4, -0.2) is 17.3 Å². The van der Waals surface area contributed by atoms with Crippen LogP contribution in [-0.2, 0) is 14.4 Å². The Morgan fingerprint density at radius 2 is 0.741 bits per heavy atom. The monoisotopic (exact) mass is 382 g/mol. The Morgan fingerprint density at radius 3 is 0.963 bits per heavy atom. The molecule has 0 heterocycles. The second-order valence-corrected chi connectivity index (χ2v) is 7.98. The molecule has 0 bridgehead atoms. The molecule has 0 saturated carbocycles. The molecular weight excluding hydrogens is 336 g/mol. The average Bonchev–Trinajstić information content (AvgIpc) is 2.57. The van der Waals surface area contributed by atoms with E-state index >= 15 is 0 Å². The van der Waals surface area contributed by atoms with E-state index in [4.69, 9.17) is 0 Å². The summed E-state index contributed by atoms with van der Waals surface area (Å²) in [5, 5.41) is 0. The van der Waals surface area contributed by atoms with Crippen LogP contribution in [0.4, 0.5) is 0 Å². The molecule has 0 aliphatic rings. The van der Waals surface area contributed by atoms with Crippen molar-refractivity contribution in [2.75, 3.05) is 0 Å². The second kappa shape index (κ2) is 23.0. The molecule has 27 heavy (non-hydrogen) atoms. The summed E-state index contributed by atoms with van der Waals surface area (Å²) < 4.78 is 0. The number of Topliss-reactive ketones (excluding diaryl/α,β-unsaturated/α-hetero) is 3. The Labute approximate surface area is 169 Å². The van der Waals surface area contributed by atoms with Crippen molar-refractivity contribution >= 4 is 17.3 Å². The number of unbranched alkanes of at least 4 members (excludes halogenated alkanes) is 14. The van der Waals surface area contributed by atoms with Crippen molar-refractivity contribution in [2.45, 2.75) is 137 Å². The molecule has 0 radical (unpaired) electrons. The fourth-order valence-electron chi connectivity index (χ4n) is 3.10. The molecular formula is C24H46O3. The molecule has 0 aromatic rings. The zero-order chi connectivity index (χ0) is 20.8. The van der Waals surface area contributed by atoms with E-state index in [1.54, 1.807) is 6.92 Å². The first kappa shape index (κ1) is 28.2. The summed E-state index contributed by atoms with van der Waals surface area (Å²) in [7, 11) is 0. The third-order valence-corrected chi connectivity index (χ3v) is 4.63. The van der Waals surface area contributed by atoms with Gasteiger partial charge >= 0.3 is 0 Å². The molecule has 0 N–H and O–H groups in total. The van der Waals surface area contributed by atoms with Gasteiger partial charge in [-0.1, -0.05) is 96.8 Å². The van der Waals surface area contributed by atoms with E-state index in [-0.39, 0.29) is 18.0 Å². The molecule has 0 aliphatic heterocycles. The number of rotatable bonds is 18. The molecule has 3 nitrogen and oxygen atoms in total. The molecule has 0 amide bonds. The minimum Gasteiger partial charge on any atom is -0.300 e. The van der Waals surface area contributed by atoms with Gasteiger partial charge in [0.15, 0.2) is 0 Å². The highest BCUT2D eigenvalue weighted by Gasteiger charge is 1.96. The van der Waals surface area contributed by atoms with E-state index < -0.39 is 0 Å². The highest BCUT2D eigenvalue weighted by Crippen LogP contribution is 2.13. The Morgan fingerprint density at radius 1 is 0.444 bits per heavy atom. The Hall–Kier alpha value is -0.990. The fourth-order valence-corrected chi connectivity index (χ4v) is 3.10. The van der Waals surface area contributed by atoms with Gasteiger partial charge in [0.05, 0.1) is 6.42 Å². The van der Waals surface area contributed by atoms with Gasteiger partial charge < -0.3 is 4.79 Å². The molecule has 0 aliphatic carbocycles. The average molecular weight is 383 g/mol. The maximum atomic E-state index is 10.8. The Kier molecular flexibility index (Phi) is 24.1. The highest BCUT2D eigenvalue weighted by atomic mass is 16.1. The third kappa shape index (κ3) is 33.1. The van der Waals surface area contributed by atoms with Crippen LogP contribution in [0.2, 0.25) is 0 Å². The largest absolute Gasteiger partial charge is 0.300 e. The minimum atomic E-state index is -0.0625. The summed E-state index contributed by atoms with van der Waals surface area (Å²) in [4.78, 5) is 30.8. The standard InChI is InChI=1S/C19H38O.C5H8O2/c1-3-4-5-6-7-8-9-10-11-12-13-14-15-16-17-18-19(2)20;1-4(6)3-5(2)7/h3-18H2,1-2H3;3H2,1-2H3. The van der Waals surface area contributed by atoms with E-state index in [0.717, 1.165) is 12.8 Å². The van der Waals surface area contributed by atoms with Gasteiger partial charge in [0, 0.05) is 6.42 Å². The van der Waals surface area contributed by atoms with Gasteiger partial charge in [-0.25, -0.2) is 0 Å². The Balaban J connectivity index is 0. The van der Waals surface area contributed by atoms with Crippen LogP contribution >= 0.6 is 0 Å². The van der Waals surface area contributed by atoms with Crippen LogP contribution in [0.5, 0.6) is 0 Å². The molecule has 0 saturated heterocycles. The number of carbonyl (C=O) groups is 3. The van der Waals surface area contributed by atoms with Crippen LogP contribution in [0.3, 0.4) is 0 Å². The van der Waals surface area contributed by atoms with Crippen LogP contribution in [0, 0.1) is 0 Å². The van der Waals surface area contributed by atoms with Gasteiger partial charge in [-0.05, 0) is 27.2 Å². The highest BCUT2D eigenvalue weighted by molar-refractivity contribution is 5.96. The van der Waals surface area contributed by atoms with Crippen molar-refractivity contribution in [3.63, 3.8) is 0 Å². The van der Waals surface area contributed by atoms with Crippen LogP contribution in [0.1, 0.15) is 137 Å². The molecule has 0 fully saturated rings. The molecule has 3 heteroatoms. The molecule has 160 valence electrons. The number of ketones is 3. The summed E-state index contributed by atoms with van der Waals surface area (Å²) in [5.74, 6) is 0.222. The van der Waals surface area contributed by atoms with Gasteiger partial charge in [0.2, 0.25) is 0 Å². The van der Waals surface area contributed by atoms with Gasteiger partial charge in [-0.3, -0.25) is 9.59 Å². The lowest BCUT2D eigenvalue weighted by molar-refractivity contribution is -0.124. The number of carbonyl (C=O) groups excluding carboxylic acids is 3. The molecule has 0 rings (SSSR count). The van der Waals surface area contributed by atoms with Crippen LogP contribution in [0.15, 0.2) is 0 Å². The predicted molar refractivity (Wildman–Crippen MR) is 116 cm³/mol. The zero-order valence-electron chi connectivity index (χ0n) is 18.7. The molecule has 0 unspecified atom stereocenters. The minimum absolute atomic E-state index is 0.0625. The van der Waals surface area contributed by atoms with Gasteiger partial charge in [0.25, 0.3) is 0 Å². The second-order valence-electron chi connectivity index (χ2n) is 7.98. The zero-order valence-corrected chi connectivity index (χ0v) is 18.7. The molecule has 0 aromatic carbocycles. The normalized spacial score (nSPS) is 10.2. The van der Waals surface area contributed by atoms with E-state index in [0.29, 0.717) is 5.78 Å². The van der Waals surface area contributed by atoms with E-state index in [1.807, 2.05) is 0 Å². The van der Waals surface area contributed by atoms with Crippen molar-refractivity contribution < 1.29 is 14.4 Å². The number of hydrogen-bond donors (Lipinski definition) is 0. The lowest BCUT2D eigenvalue weighted by Gasteiger charge is -2.03. The smallest absolute Gasteiger partial charge is 0.137 e. The third-order valence-electron chi connectivity index (χ3n) is 4.63. The molecule has 0 aromatic heterocycles. The van der Waals surface area contributed by atoms with Gasteiger partial charge in [-0.2, -0.15) is 0 Å². The molecule has 0 spiro atoms. The topological polar surface area (TPSA) is 51.2 Å². The van der Waals surface area contributed by atoms with Crippen molar-refractivity contribution in [1.82, 2.24) is 0 Å².